The third kappa shape index (κ3) is 9.07. The van der Waals surface area contributed by atoms with Crippen LogP contribution < -0.4 is 4.90 Å². The first-order valence-electron chi connectivity index (χ1n) is 11.5. The van der Waals surface area contributed by atoms with E-state index < -0.39 is 17.3 Å². The lowest BCUT2D eigenvalue weighted by molar-refractivity contribution is -0.118. The van der Waals surface area contributed by atoms with Crippen LogP contribution in [0.5, 0.6) is 0 Å². The van der Waals surface area contributed by atoms with Crippen molar-refractivity contribution in [3.63, 3.8) is 0 Å². The Kier molecular flexibility index (Phi) is 12.0. The first-order chi connectivity index (χ1) is 16.5. The van der Waals surface area contributed by atoms with Crippen molar-refractivity contribution in [3.8, 4) is 0 Å². The second-order valence-corrected chi connectivity index (χ2v) is 8.96. The van der Waals surface area contributed by atoms with Gasteiger partial charge in [-0.2, -0.15) is 4.98 Å². The van der Waals surface area contributed by atoms with E-state index in [0.29, 0.717) is 43.2 Å². The van der Waals surface area contributed by atoms with Crippen molar-refractivity contribution in [2.75, 3.05) is 11.4 Å². The number of carbonyl (C=O) groups is 2. The van der Waals surface area contributed by atoms with Gasteiger partial charge in [-0.25, -0.2) is 13.6 Å². The highest BCUT2D eigenvalue weighted by Gasteiger charge is 2.24. The number of unbranched alkanes of at least 4 members (excludes halogenated alkanes) is 1. The Morgan fingerprint density at radius 2 is 1.91 bits per heavy atom. The molecule has 1 heterocycles. The van der Waals surface area contributed by atoms with Crippen molar-refractivity contribution in [1.29, 1.82) is 0 Å². The van der Waals surface area contributed by atoms with Gasteiger partial charge in [-0.3, -0.25) is 4.79 Å². The van der Waals surface area contributed by atoms with Gasteiger partial charge in [-0.05, 0) is 37.5 Å². The van der Waals surface area contributed by atoms with E-state index in [9.17, 15) is 23.5 Å². The van der Waals surface area contributed by atoms with Gasteiger partial charge < -0.3 is 14.5 Å². The molecule has 192 valence electrons. The van der Waals surface area contributed by atoms with Crippen LogP contribution in [0, 0.1) is 5.82 Å². The van der Waals surface area contributed by atoms with Crippen molar-refractivity contribution >= 4 is 17.6 Å². The number of anilines is 1. The lowest BCUT2D eigenvalue weighted by atomic mass is 9.96. The highest BCUT2D eigenvalue weighted by Crippen LogP contribution is 2.26. The molecule has 0 fully saturated rings. The molecule has 0 saturated carbocycles. The summed E-state index contributed by atoms with van der Waals surface area (Å²) in [6.45, 7) is 14.9. The zero-order valence-corrected chi connectivity index (χ0v) is 20.9. The van der Waals surface area contributed by atoms with Crippen LogP contribution >= 0.6 is 0 Å². The molecule has 2 aromatic rings. The molecule has 7 nitrogen and oxygen atoms in total. The van der Waals surface area contributed by atoms with Crippen LogP contribution in [0.1, 0.15) is 87.8 Å². The molecule has 0 radical (unpaired) electrons. The third-order valence-corrected chi connectivity index (χ3v) is 5.12. The largest absolute Gasteiger partial charge is 0.478 e. The molecule has 9 heteroatoms. The van der Waals surface area contributed by atoms with Crippen molar-refractivity contribution in [1.82, 2.24) is 10.1 Å². The van der Waals surface area contributed by atoms with Crippen LogP contribution in [-0.4, -0.2) is 33.7 Å². The summed E-state index contributed by atoms with van der Waals surface area (Å²) in [5.74, 6) is -1.25. The summed E-state index contributed by atoms with van der Waals surface area (Å²) in [4.78, 5) is 30.0. The van der Waals surface area contributed by atoms with Gasteiger partial charge >= 0.3 is 5.97 Å². The van der Waals surface area contributed by atoms with E-state index in [1.54, 1.807) is 6.08 Å². The fraction of sp³-hybridized carbons (Fsp3) is 0.462. The number of hydrogen-bond donors (Lipinski definition) is 1. The van der Waals surface area contributed by atoms with Crippen LogP contribution in [0.3, 0.4) is 0 Å². The van der Waals surface area contributed by atoms with E-state index in [1.807, 2.05) is 27.7 Å². The maximum atomic E-state index is 13.8. The number of aromatic nitrogens is 2. The molecule has 0 saturated heterocycles. The van der Waals surface area contributed by atoms with E-state index in [0.717, 1.165) is 18.9 Å². The fourth-order valence-electron chi connectivity index (χ4n) is 3.26. The number of carbonyl (C=O) groups excluding carboxylic acids is 1. The minimum atomic E-state index is -1.37. The Labute approximate surface area is 205 Å². The zero-order chi connectivity index (χ0) is 26.6. The highest BCUT2D eigenvalue weighted by molar-refractivity contribution is 5.95. The van der Waals surface area contributed by atoms with E-state index >= 15 is 0 Å². The van der Waals surface area contributed by atoms with Gasteiger partial charge in [0.05, 0.1) is 17.8 Å². The molecule has 0 bridgehead atoms. The number of nitrogens with zero attached hydrogens (tertiary/aromatic N) is 3. The first-order valence-corrected chi connectivity index (χ1v) is 11.5. The number of aromatic carboxylic acids is 1. The molecule has 0 aliphatic heterocycles. The quantitative estimate of drug-likeness (QED) is 0.282. The van der Waals surface area contributed by atoms with Crippen LogP contribution in [0.2, 0.25) is 0 Å². The molecular weight excluding hydrogens is 456 g/mol. The minimum absolute atomic E-state index is 0.0946. The van der Waals surface area contributed by atoms with Gasteiger partial charge in [-0.1, -0.05) is 51.9 Å². The predicted molar refractivity (Wildman–Crippen MR) is 132 cm³/mol. The van der Waals surface area contributed by atoms with E-state index in [4.69, 9.17) is 4.52 Å². The molecule has 0 aliphatic rings. The Balaban J connectivity index is 0.00000194. The lowest BCUT2D eigenvalue weighted by Gasteiger charge is -2.23. The maximum Gasteiger partial charge on any atom is 0.338 e. The van der Waals surface area contributed by atoms with Gasteiger partial charge in [0.2, 0.25) is 11.8 Å². The Morgan fingerprint density at radius 1 is 1.26 bits per heavy atom. The van der Waals surface area contributed by atoms with Crippen LogP contribution in [-0.2, 0) is 10.2 Å². The third-order valence-electron chi connectivity index (χ3n) is 5.12. The van der Waals surface area contributed by atoms with Crippen LogP contribution in [0.4, 0.5) is 14.5 Å². The molecule has 1 amide bonds. The van der Waals surface area contributed by atoms with Crippen molar-refractivity contribution in [2.24, 2.45) is 0 Å². The molecule has 0 spiro atoms. The summed E-state index contributed by atoms with van der Waals surface area (Å²) >= 11 is 0. The molecule has 1 atom stereocenters. The lowest BCUT2D eigenvalue weighted by Crippen LogP contribution is -2.32. The summed E-state index contributed by atoms with van der Waals surface area (Å²) in [6.07, 6.45) is 5.15. The maximum absolute atomic E-state index is 13.8. The second-order valence-electron chi connectivity index (χ2n) is 8.96. The number of allylic oxidation sites excluding steroid dienone is 1. The van der Waals surface area contributed by atoms with Crippen molar-refractivity contribution in [3.05, 3.63) is 66.9 Å². The smallest absolute Gasteiger partial charge is 0.338 e. The summed E-state index contributed by atoms with van der Waals surface area (Å²) in [6, 6.07) is 3.74. The first kappa shape index (κ1) is 29.7. The number of hydrogen-bond acceptors (Lipinski definition) is 5. The number of carboxylic acid groups (broad SMARTS) is 1. The zero-order valence-electron chi connectivity index (χ0n) is 20.9. The molecule has 1 aromatic heterocycles. The molecule has 0 aliphatic carbocycles. The number of benzene rings is 1. The van der Waals surface area contributed by atoms with Crippen molar-refractivity contribution < 1.29 is 28.0 Å². The SMILES string of the molecule is C=CC(CCCCN(C(=O)CCC)c1ccc(F)c(C(=O)O)c1)c1nc(C(C)(C)C)no1.C=CF. The second kappa shape index (κ2) is 14.1. The summed E-state index contributed by atoms with van der Waals surface area (Å²) in [5, 5.41) is 13.3. The Hall–Kier alpha value is -3.36. The molecule has 1 unspecified atom stereocenters. The monoisotopic (exact) mass is 491 g/mol. The van der Waals surface area contributed by atoms with E-state index in [2.05, 4.69) is 23.3 Å². The van der Waals surface area contributed by atoms with Crippen LogP contribution in [0.25, 0.3) is 0 Å². The number of halogens is 2. The minimum Gasteiger partial charge on any atom is -0.478 e. The van der Waals surface area contributed by atoms with Gasteiger partial charge in [0.1, 0.15) is 5.82 Å². The topological polar surface area (TPSA) is 96.5 Å². The molecule has 2 rings (SSSR count). The molecular formula is C26H35F2N3O4. The van der Waals surface area contributed by atoms with Gasteiger partial charge in [0, 0.05) is 24.1 Å². The predicted octanol–water partition coefficient (Wildman–Crippen LogP) is 6.58. The standard InChI is InChI=1S/C24H32FN3O4.C2H3F/c1-6-10-20(29)28(17-12-13-19(25)18(15-17)22(30)31)14-9-8-11-16(7-2)21-26-23(27-32-21)24(3,4)5;1-2-3/h7,12-13,15-16H,2,6,8-11,14H2,1,3-5H3,(H,30,31);2H,1H2. The average Bonchev–Trinajstić information content (AvgIpc) is 3.28. The molecule has 1 N–H and O–H groups in total. The number of amides is 1. The summed E-state index contributed by atoms with van der Waals surface area (Å²) in [7, 11) is 0. The van der Waals surface area contributed by atoms with Gasteiger partial charge in [0.25, 0.3) is 0 Å². The molecule has 1 aromatic carbocycles. The Morgan fingerprint density at radius 3 is 2.43 bits per heavy atom. The number of rotatable bonds is 11. The van der Waals surface area contributed by atoms with E-state index in [-0.39, 0.29) is 23.6 Å². The van der Waals surface area contributed by atoms with Crippen LogP contribution in [0.15, 0.2) is 48.3 Å². The van der Waals surface area contributed by atoms with E-state index in [1.165, 1.54) is 17.0 Å². The summed E-state index contributed by atoms with van der Waals surface area (Å²) in [5.41, 5.74) is -0.277. The molecule has 35 heavy (non-hydrogen) atoms. The van der Waals surface area contributed by atoms with Gasteiger partial charge in [0.15, 0.2) is 5.82 Å². The highest BCUT2D eigenvalue weighted by atomic mass is 19.1. The normalized spacial score (nSPS) is 11.7. The Bertz CT molecular complexity index is 999. The van der Waals surface area contributed by atoms with Crippen molar-refractivity contribution in [2.45, 2.75) is 71.1 Å². The fourth-order valence-corrected chi connectivity index (χ4v) is 3.26. The average molecular weight is 492 g/mol. The van der Waals surface area contributed by atoms with Gasteiger partial charge in [-0.15, -0.1) is 6.58 Å². The number of carboxylic acids is 1. The summed E-state index contributed by atoms with van der Waals surface area (Å²) < 4.78 is 29.3.